The normalized spacial score (nSPS) is 14.3. The highest BCUT2D eigenvalue weighted by Gasteiger charge is 2.23. The number of nitrogens with zero attached hydrogens (tertiary/aromatic N) is 5. The molecule has 0 N–H and O–H groups in total. The van der Waals surface area contributed by atoms with Crippen molar-refractivity contribution >= 4 is 39.8 Å². The van der Waals surface area contributed by atoms with Crippen molar-refractivity contribution in [3.63, 3.8) is 0 Å². The van der Waals surface area contributed by atoms with Crippen LogP contribution in [-0.4, -0.2) is 60.8 Å². The number of aromatic nitrogens is 2. The lowest BCUT2D eigenvalue weighted by Gasteiger charge is -2.37. The maximum absolute atomic E-state index is 12.7. The van der Waals surface area contributed by atoms with Crippen molar-refractivity contribution in [2.75, 3.05) is 49.6 Å². The third kappa shape index (κ3) is 3.85. The summed E-state index contributed by atoms with van der Waals surface area (Å²) in [6.07, 6.45) is 0. The number of anilines is 2. The van der Waals surface area contributed by atoms with Gasteiger partial charge in [0.1, 0.15) is 0 Å². The summed E-state index contributed by atoms with van der Waals surface area (Å²) in [5.41, 5.74) is 1.54. The van der Waals surface area contributed by atoms with Gasteiger partial charge in [-0.2, -0.15) is 0 Å². The van der Waals surface area contributed by atoms with Gasteiger partial charge in [-0.3, -0.25) is 4.79 Å². The average Bonchev–Trinajstić information content (AvgIpc) is 2.77. The van der Waals surface area contributed by atoms with Crippen LogP contribution in [0.3, 0.4) is 0 Å². The number of hydrogen-bond acceptors (Lipinski definition) is 5. The van der Waals surface area contributed by atoms with E-state index in [1.807, 2.05) is 49.4 Å². The maximum atomic E-state index is 12.7. The Labute approximate surface area is 175 Å². The molecule has 6 nitrogen and oxygen atoms in total. The number of benzene rings is 2. The predicted molar refractivity (Wildman–Crippen MR) is 118 cm³/mol. The summed E-state index contributed by atoms with van der Waals surface area (Å²) >= 11 is 6.14. The van der Waals surface area contributed by atoms with Gasteiger partial charge in [0.15, 0.2) is 11.5 Å². The Kier molecular flexibility index (Phi) is 5.53. The Bertz CT molecular complexity index is 1030. The molecule has 0 atom stereocenters. The molecule has 2 aromatic carbocycles. The molecule has 1 aromatic heterocycles. The zero-order valence-electron chi connectivity index (χ0n) is 16.7. The summed E-state index contributed by atoms with van der Waals surface area (Å²) in [4.78, 5) is 18.9. The lowest BCUT2D eigenvalue weighted by molar-refractivity contribution is 0.0798. The van der Waals surface area contributed by atoms with Crippen molar-refractivity contribution in [1.82, 2.24) is 15.1 Å². The number of amides is 1. The molecule has 1 fully saturated rings. The van der Waals surface area contributed by atoms with E-state index in [-0.39, 0.29) is 5.91 Å². The van der Waals surface area contributed by atoms with Crippen molar-refractivity contribution in [2.45, 2.75) is 6.92 Å². The van der Waals surface area contributed by atoms with E-state index in [1.54, 1.807) is 11.9 Å². The summed E-state index contributed by atoms with van der Waals surface area (Å²) in [6, 6.07) is 15.8. The van der Waals surface area contributed by atoms with E-state index in [9.17, 15) is 4.79 Å². The number of piperazine rings is 1. The molecule has 0 radical (unpaired) electrons. The Hall–Kier alpha value is -2.86. The van der Waals surface area contributed by atoms with Crippen molar-refractivity contribution in [1.29, 1.82) is 0 Å². The van der Waals surface area contributed by atoms with Crippen molar-refractivity contribution in [3.05, 3.63) is 59.2 Å². The number of hydrogen-bond donors (Lipinski definition) is 0. The van der Waals surface area contributed by atoms with E-state index >= 15 is 0 Å². The Balaban J connectivity index is 1.60. The first-order valence-electron chi connectivity index (χ1n) is 9.85. The molecule has 0 saturated carbocycles. The number of fused-ring (bicyclic) bond motifs is 1. The summed E-state index contributed by atoms with van der Waals surface area (Å²) in [5, 5.41) is 11.4. The highest BCUT2D eigenvalue weighted by atomic mass is 35.5. The minimum Gasteiger partial charge on any atom is -0.368 e. The maximum Gasteiger partial charge on any atom is 0.274 e. The first-order valence-corrected chi connectivity index (χ1v) is 10.2. The summed E-state index contributed by atoms with van der Waals surface area (Å²) in [6.45, 7) is 5.97. The molecule has 3 aromatic rings. The second-order valence-electron chi connectivity index (χ2n) is 7.19. The highest BCUT2D eigenvalue weighted by Crippen LogP contribution is 2.28. The van der Waals surface area contributed by atoms with Crippen LogP contribution < -0.4 is 9.80 Å². The second kappa shape index (κ2) is 8.25. The molecule has 0 unspecified atom stereocenters. The van der Waals surface area contributed by atoms with Gasteiger partial charge in [-0.25, -0.2) is 0 Å². The topological polar surface area (TPSA) is 52.6 Å². The van der Waals surface area contributed by atoms with E-state index in [2.05, 4.69) is 26.1 Å². The minimum atomic E-state index is -0.103. The van der Waals surface area contributed by atoms with Gasteiger partial charge in [0.05, 0.1) is 0 Å². The molecule has 1 amide bonds. The van der Waals surface area contributed by atoms with Gasteiger partial charge in [0.2, 0.25) is 0 Å². The molecular weight excluding hydrogens is 386 g/mol. The molecule has 0 spiro atoms. The molecule has 2 heterocycles. The van der Waals surface area contributed by atoms with E-state index in [0.717, 1.165) is 53.5 Å². The first-order chi connectivity index (χ1) is 14.1. The molecule has 7 heteroatoms. The summed E-state index contributed by atoms with van der Waals surface area (Å²) in [5.74, 6) is 0.732. The Morgan fingerprint density at radius 1 is 1.00 bits per heavy atom. The predicted octanol–water partition coefficient (Wildman–Crippen LogP) is 3.70. The van der Waals surface area contributed by atoms with E-state index in [1.165, 1.54) is 0 Å². The van der Waals surface area contributed by atoms with Gasteiger partial charge < -0.3 is 14.7 Å². The molecule has 0 bridgehead atoms. The van der Waals surface area contributed by atoms with Crippen LogP contribution in [0.5, 0.6) is 0 Å². The van der Waals surface area contributed by atoms with Crippen LogP contribution >= 0.6 is 11.6 Å². The number of rotatable bonds is 4. The molecule has 1 aliphatic heterocycles. The minimum absolute atomic E-state index is 0.103. The van der Waals surface area contributed by atoms with Crippen LogP contribution in [0.15, 0.2) is 48.5 Å². The van der Waals surface area contributed by atoms with Gasteiger partial charge >= 0.3 is 0 Å². The molecule has 4 rings (SSSR count). The van der Waals surface area contributed by atoms with Crippen molar-refractivity contribution in [2.24, 2.45) is 0 Å². The standard InChI is InChI=1S/C22H24ClN5O/c1-3-26(2)22(29)20-18-9-4-5-10-19(18)21(25-24-20)28-13-11-27(12-14-28)17-8-6-7-16(23)15-17/h4-10,15H,3,11-14H2,1-2H3. The number of carbonyl (C=O) groups is 1. The van der Waals surface area contributed by atoms with Crippen LogP contribution in [0.1, 0.15) is 17.4 Å². The summed E-state index contributed by atoms with van der Waals surface area (Å²) < 4.78 is 0. The molecule has 150 valence electrons. The van der Waals surface area contributed by atoms with Crippen LogP contribution in [0.25, 0.3) is 10.8 Å². The molecule has 0 aliphatic carbocycles. The van der Waals surface area contributed by atoms with E-state index in [4.69, 9.17) is 11.6 Å². The molecule has 1 aliphatic rings. The van der Waals surface area contributed by atoms with Crippen molar-refractivity contribution in [3.8, 4) is 0 Å². The van der Waals surface area contributed by atoms with Gasteiger partial charge in [-0.05, 0) is 25.1 Å². The third-order valence-electron chi connectivity index (χ3n) is 5.44. The summed E-state index contributed by atoms with van der Waals surface area (Å²) in [7, 11) is 1.78. The quantitative estimate of drug-likeness (QED) is 0.657. The zero-order valence-corrected chi connectivity index (χ0v) is 17.4. The van der Waals surface area contributed by atoms with Gasteiger partial charge in [-0.15, -0.1) is 10.2 Å². The Morgan fingerprint density at radius 2 is 1.69 bits per heavy atom. The van der Waals surface area contributed by atoms with Crippen LogP contribution in [0, 0.1) is 0 Å². The lowest BCUT2D eigenvalue weighted by atomic mass is 10.1. The second-order valence-corrected chi connectivity index (χ2v) is 7.63. The fourth-order valence-corrected chi connectivity index (χ4v) is 3.84. The zero-order chi connectivity index (χ0) is 20.4. The SMILES string of the molecule is CCN(C)C(=O)c1nnc(N2CCN(c3cccc(Cl)c3)CC2)c2ccccc12. The van der Waals surface area contributed by atoms with E-state index in [0.29, 0.717) is 12.2 Å². The lowest BCUT2D eigenvalue weighted by Crippen LogP contribution is -2.47. The first kappa shape index (κ1) is 19.5. The van der Waals surface area contributed by atoms with Gasteiger partial charge in [-0.1, -0.05) is 41.9 Å². The number of halogens is 1. The fraction of sp³-hybridized carbons (Fsp3) is 0.318. The van der Waals surface area contributed by atoms with Crippen LogP contribution in [0.2, 0.25) is 5.02 Å². The number of carbonyl (C=O) groups excluding carboxylic acids is 1. The largest absolute Gasteiger partial charge is 0.368 e. The Morgan fingerprint density at radius 3 is 2.38 bits per heavy atom. The molecule has 29 heavy (non-hydrogen) atoms. The monoisotopic (exact) mass is 409 g/mol. The van der Waals surface area contributed by atoms with Crippen LogP contribution in [0.4, 0.5) is 11.5 Å². The molecule has 1 saturated heterocycles. The van der Waals surface area contributed by atoms with Gasteiger partial charge in [0.25, 0.3) is 5.91 Å². The van der Waals surface area contributed by atoms with E-state index < -0.39 is 0 Å². The fourth-order valence-electron chi connectivity index (χ4n) is 3.65. The van der Waals surface area contributed by atoms with Crippen LogP contribution in [-0.2, 0) is 0 Å². The third-order valence-corrected chi connectivity index (χ3v) is 5.68. The van der Waals surface area contributed by atoms with Crippen molar-refractivity contribution < 1.29 is 4.79 Å². The average molecular weight is 410 g/mol. The van der Waals surface area contributed by atoms with Gasteiger partial charge in [0, 0.05) is 61.3 Å². The molecular formula is C22H24ClN5O. The highest BCUT2D eigenvalue weighted by molar-refractivity contribution is 6.30. The smallest absolute Gasteiger partial charge is 0.274 e.